The van der Waals surface area contributed by atoms with E-state index in [1.807, 2.05) is 6.20 Å². The first kappa shape index (κ1) is 9.32. The molecule has 1 heterocycles. The lowest BCUT2D eigenvalue weighted by Gasteiger charge is -2.23. The van der Waals surface area contributed by atoms with E-state index in [1.165, 1.54) is 22.3 Å². The lowest BCUT2D eigenvalue weighted by Crippen LogP contribution is -2.24. The van der Waals surface area contributed by atoms with Gasteiger partial charge in [0.15, 0.2) is 0 Å². The number of nitrogens with one attached hydrogen (secondary N) is 1. The highest BCUT2D eigenvalue weighted by Gasteiger charge is 2.22. The van der Waals surface area contributed by atoms with Gasteiger partial charge in [0.25, 0.3) is 0 Å². The van der Waals surface area contributed by atoms with Crippen molar-refractivity contribution in [3.8, 4) is 0 Å². The van der Waals surface area contributed by atoms with E-state index in [9.17, 15) is 0 Å². The SMILES string of the molecule is C=C(CC)C1=C(C)C=C2C=CN[C@H]2C1. The van der Waals surface area contributed by atoms with Crippen LogP contribution in [-0.4, -0.2) is 6.04 Å². The zero-order chi connectivity index (χ0) is 10.1. The van der Waals surface area contributed by atoms with E-state index in [1.54, 1.807) is 0 Å². The average molecular weight is 187 g/mol. The van der Waals surface area contributed by atoms with Crippen LogP contribution in [0.25, 0.3) is 0 Å². The second kappa shape index (κ2) is 3.49. The summed E-state index contributed by atoms with van der Waals surface area (Å²) < 4.78 is 0. The minimum absolute atomic E-state index is 0.497. The summed E-state index contributed by atoms with van der Waals surface area (Å²) >= 11 is 0. The second-order valence-corrected chi connectivity index (χ2v) is 4.02. The Bertz CT molecular complexity index is 355. The normalized spacial score (nSPS) is 24.4. The van der Waals surface area contributed by atoms with Crippen LogP contribution in [-0.2, 0) is 0 Å². The minimum Gasteiger partial charge on any atom is -0.384 e. The van der Waals surface area contributed by atoms with Gasteiger partial charge in [-0.2, -0.15) is 0 Å². The number of hydrogen-bond acceptors (Lipinski definition) is 1. The van der Waals surface area contributed by atoms with Gasteiger partial charge in [-0.3, -0.25) is 0 Å². The summed E-state index contributed by atoms with van der Waals surface area (Å²) in [5, 5.41) is 3.36. The van der Waals surface area contributed by atoms with Crippen molar-refractivity contribution in [1.29, 1.82) is 0 Å². The van der Waals surface area contributed by atoms with Crippen molar-refractivity contribution >= 4 is 0 Å². The zero-order valence-electron chi connectivity index (χ0n) is 8.93. The molecule has 0 saturated carbocycles. The summed E-state index contributed by atoms with van der Waals surface area (Å²) in [6.45, 7) is 8.48. The fraction of sp³-hybridized carbons (Fsp3) is 0.385. The van der Waals surface area contributed by atoms with Crippen LogP contribution in [0.2, 0.25) is 0 Å². The van der Waals surface area contributed by atoms with Gasteiger partial charge in [-0.15, -0.1) is 0 Å². The molecule has 1 heteroatoms. The van der Waals surface area contributed by atoms with Crippen LogP contribution >= 0.6 is 0 Å². The molecule has 0 spiro atoms. The minimum atomic E-state index is 0.497. The van der Waals surface area contributed by atoms with Crippen molar-refractivity contribution in [3.05, 3.63) is 47.2 Å². The highest BCUT2D eigenvalue weighted by molar-refractivity contribution is 5.49. The lowest BCUT2D eigenvalue weighted by molar-refractivity contribution is 0.682. The Morgan fingerprint density at radius 2 is 2.43 bits per heavy atom. The van der Waals surface area contributed by atoms with E-state index >= 15 is 0 Å². The van der Waals surface area contributed by atoms with Gasteiger partial charge >= 0.3 is 0 Å². The summed E-state index contributed by atoms with van der Waals surface area (Å²) in [6.07, 6.45) is 8.63. The molecule has 0 aromatic heterocycles. The van der Waals surface area contributed by atoms with Gasteiger partial charge in [-0.1, -0.05) is 25.2 Å². The van der Waals surface area contributed by atoms with Crippen LogP contribution < -0.4 is 5.32 Å². The molecule has 1 atom stereocenters. The number of allylic oxidation sites excluding steroid dienone is 3. The highest BCUT2D eigenvalue weighted by Crippen LogP contribution is 2.31. The Hall–Kier alpha value is -1.24. The van der Waals surface area contributed by atoms with E-state index in [4.69, 9.17) is 0 Å². The molecule has 0 fully saturated rings. The molecule has 0 unspecified atom stereocenters. The molecular weight excluding hydrogens is 170 g/mol. The van der Waals surface area contributed by atoms with Gasteiger partial charge in [-0.25, -0.2) is 0 Å². The molecule has 1 N–H and O–H groups in total. The summed E-state index contributed by atoms with van der Waals surface area (Å²) in [6, 6.07) is 0.497. The smallest absolute Gasteiger partial charge is 0.0549 e. The van der Waals surface area contributed by atoms with Crippen LogP contribution in [0.4, 0.5) is 0 Å². The molecule has 1 aliphatic carbocycles. The molecule has 0 aromatic rings. The predicted octanol–water partition coefficient (Wildman–Crippen LogP) is 3.08. The molecule has 2 rings (SSSR count). The molecule has 0 aromatic carbocycles. The molecular formula is C13H17N. The summed E-state index contributed by atoms with van der Waals surface area (Å²) in [5.74, 6) is 0. The molecule has 0 bridgehead atoms. The van der Waals surface area contributed by atoms with Gasteiger partial charge in [0, 0.05) is 0 Å². The molecule has 0 amide bonds. The summed E-state index contributed by atoms with van der Waals surface area (Å²) in [4.78, 5) is 0. The van der Waals surface area contributed by atoms with Gasteiger partial charge in [0.05, 0.1) is 6.04 Å². The summed E-state index contributed by atoms with van der Waals surface area (Å²) in [5.41, 5.74) is 5.52. The predicted molar refractivity (Wildman–Crippen MR) is 60.9 cm³/mol. The molecule has 74 valence electrons. The van der Waals surface area contributed by atoms with Crippen molar-refractivity contribution in [3.63, 3.8) is 0 Å². The van der Waals surface area contributed by atoms with Gasteiger partial charge in [-0.05, 0) is 48.8 Å². The van der Waals surface area contributed by atoms with Crippen LogP contribution in [0, 0.1) is 0 Å². The first-order chi connectivity index (χ1) is 6.72. The van der Waals surface area contributed by atoms with Crippen molar-refractivity contribution < 1.29 is 0 Å². The van der Waals surface area contributed by atoms with Crippen molar-refractivity contribution in [2.75, 3.05) is 0 Å². The number of hydrogen-bond donors (Lipinski definition) is 1. The van der Waals surface area contributed by atoms with Crippen LogP contribution in [0.15, 0.2) is 47.2 Å². The van der Waals surface area contributed by atoms with E-state index < -0.39 is 0 Å². The largest absolute Gasteiger partial charge is 0.384 e. The second-order valence-electron chi connectivity index (χ2n) is 4.02. The maximum atomic E-state index is 4.13. The molecule has 14 heavy (non-hydrogen) atoms. The van der Waals surface area contributed by atoms with Crippen LogP contribution in [0.1, 0.15) is 26.7 Å². The Balaban J connectivity index is 2.31. The zero-order valence-corrected chi connectivity index (χ0v) is 8.93. The molecule has 2 aliphatic rings. The fourth-order valence-electron chi connectivity index (χ4n) is 2.14. The third-order valence-corrected chi connectivity index (χ3v) is 3.10. The molecule has 0 radical (unpaired) electrons. The quantitative estimate of drug-likeness (QED) is 0.700. The third kappa shape index (κ3) is 1.43. The van der Waals surface area contributed by atoms with Crippen LogP contribution in [0.3, 0.4) is 0 Å². The molecule has 1 aliphatic heterocycles. The number of rotatable bonds is 2. The maximum absolute atomic E-state index is 4.13. The Labute approximate surface area is 85.9 Å². The van der Waals surface area contributed by atoms with Gasteiger partial charge < -0.3 is 5.32 Å². The first-order valence-electron chi connectivity index (χ1n) is 5.24. The lowest BCUT2D eigenvalue weighted by atomic mass is 9.86. The molecule has 0 saturated heterocycles. The van der Waals surface area contributed by atoms with Crippen LogP contribution in [0.5, 0.6) is 0 Å². The third-order valence-electron chi connectivity index (χ3n) is 3.10. The first-order valence-corrected chi connectivity index (χ1v) is 5.24. The van der Waals surface area contributed by atoms with E-state index in [-0.39, 0.29) is 0 Å². The maximum Gasteiger partial charge on any atom is 0.0549 e. The number of fused-ring (bicyclic) bond motifs is 1. The Morgan fingerprint density at radius 3 is 3.14 bits per heavy atom. The average Bonchev–Trinajstić information content (AvgIpc) is 2.62. The van der Waals surface area contributed by atoms with Crippen molar-refractivity contribution in [2.45, 2.75) is 32.7 Å². The van der Waals surface area contributed by atoms with Gasteiger partial charge in [0.2, 0.25) is 0 Å². The van der Waals surface area contributed by atoms with Crippen molar-refractivity contribution in [1.82, 2.24) is 5.32 Å². The Morgan fingerprint density at radius 1 is 1.64 bits per heavy atom. The summed E-state index contributed by atoms with van der Waals surface area (Å²) in [7, 11) is 0. The van der Waals surface area contributed by atoms with Gasteiger partial charge in [0.1, 0.15) is 0 Å². The standard InChI is InChI=1S/C13H17N/c1-4-9(2)12-8-13-11(5-6-14-13)7-10(12)3/h5-7,13-14H,2,4,8H2,1,3H3/t13-/m0/s1. The van der Waals surface area contributed by atoms with Crippen molar-refractivity contribution in [2.24, 2.45) is 0 Å². The Kier molecular flexibility index (Phi) is 2.32. The monoisotopic (exact) mass is 187 g/mol. The fourth-order valence-corrected chi connectivity index (χ4v) is 2.14. The topological polar surface area (TPSA) is 12.0 Å². The molecule has 1 nitrogen and oxygen atoms in total. The highest BCUT2D eigenvalue weighted by atomic mass is 14.9. The van der Waals surface area contributed by atoms with E-state index in [0.29, 0.717) is 6.04 Å². The van der Waals surface area contributed by atoms with E-state index in [2.05, 4.69) is 37.9 Å². The van der Waals surface area contributed by atoms with E-state index in [0.717, 1.165) is 12.8 Å².